The second-order valence-corrected chi connectivity index (χ2v) is 10.7. The van der Waals surface area contributed by atoms with Crippen LogP contribution in [-0.4, -0.2) is 9.97 Å². The number of nitrogens with one attached hydrogen (secondary N) is 1. The van der Waals surface area contributed by atoms with Crippen molar-refractivity contribution in [2.24, 2.45) is 0 Å². The maximum absolute atomic E-state index is 4.20. The number of nitrogens with zero attached hydrogens (tertiary/aromatic N) is 1. The molecular weight excluding hydrogens is 484 g/mol. The third-order valence-electron chi connectivity index (χ3n) is 8.11. The van der Waals surface area contributed by atoms with Crippen molar-refractivity contribution in [3.8, 4) is 44.5 Å². The summed E-state index contributed by atoms with van der Waals surface area (Å²) >= 11 is 0. The highest BCUT2D eigenvalue weighted by atomic mass is 14.6. The number of pyridine rings is 1. The molecule has 0 aliphatic carbocycles. The third kappa shape index (κ3) is 4.01. The standard InChI is InChI=1S/C38H30N2/c1-24-8-11-35-36(20-24)38(29-9-12-31(25(2)21-29)27-14-17-39-18-15-27)34-7-5-4-6-33(34)37(35)28-10-13-32(26(3)22-28)30-16-19-40-23-30/h4-23,40H,1-3H3. The molecule has 0 saturated heterocycles. The molecule has 0 aliphatic rings. The minimum Gasteiger partial charge on any atom is -0.367 e. The van der Waals surface area contributed by atoms with Crippen molar-refractivity contribution in [2.75, 3.05) is 0 Å². The maximum Gasteiger partial charge on any atom is 0.0273 e. The normalized spacial score (nSPS) is 11.4. The van der Waals surface area contributed by atoms with Gasteiger partial charge in [-0.3, -0.25) is 4.98 Å². The van der Waals surface area contributed by atoms with Gasteiger partial charge in [-0.05, 0) is 116 Å². The zero-order chi connectivity index (χ0) is 27.2. The quantitative estimate of drug-likeness (QED) is 0.233. The SMILES string of the molecule is Cc1ccc2c(-c3ccc(-c4cc[nH]c4)c(C)c3)c3ccccc3c(-c3ccc(-c4ccncc4)c(C)c3)c2c1. The van der Waals surface area contributed by atoms with Crippen LogP contribution in [0.4, 0.5) is 0 Å². The van der Waals surface area contributed by atoms with Crippen molar-refractivity contribution < 1.29 is 0 Å². The van der Waals surface area contributed by atoms with E-state index in [1.165, 1.54) is 82.7 Å². The van der Waals surface area contributed by atoms with Crippen LogP contribution in [0.15, 0.2) is 122 Å². The lowest BCUT2D eigenvalue weighted by Crippen LogP contribution is -1.93. The Morgan fingerprint density at radius 3 is 1.70 bits per heavy atom. The minimum atomic E-state index is 1.19. The number of aryl methyl sites for hydroxylation is 3. The van der Waals surface area contributed by atoms with Crippen LogP contribution in [0.2, 0.25) is 0 Å². The molecule has 0 fully saturated rings. The van der Waals surface area contributed by atoms with Gasteiger partial charge in [-0.2, -0.15) is 0 Å². The molecule has 5 aromatic carbocycles. The van der Waals surface area contributed by atoms with Crippen molar-refractivity contribution in [2.45, 2.75) is 20.8 Å². The zero-order valence-electron chi connectivity index (χ0n) is 23.0. The highest BCUT2D eigenvalue weighted by Crippen LogP contribution is 2.45. The predicted octanol–water partition coefficient (Wildman–Crippen LogP) is 10.3. The fourth-order valence-electron chi connectivity index (χ4n) is 6.22. The van der Waals surface area contributed by atoms with E-state index in [9.17, 15) is 0 Å². The van der Waals surface area contributed by atoms with E-state index in [4.69, 9.17) is 0 Å². The second-order valence-electron chi connectivity index (χ2n) is 10.7. The highest BCUT2D eigenvalue weighted by Gasteiger charge is 2.18. The molecule has 40 heavy (non-hydrogen) atoms. The van der Waals surface area contributed by atoms with Gasteiger partial charge < -0.3 is 4.98 Å². The van der Waals surface area contributed by atoms with Gasteiger partial charge in [0.25, 0.3) is 0 Å². The zero-order valence-corrected chi connectivity index (χ0v) is 23.0. The van der Waals surface area contributed by atoms with Gasteiger partial charge in [-0.25, -0.2) is 0 Å². The van der Waals surface area contributed by atoms with Crippen molar-refractivity contribution in [1.29, 1.82) is 0 Å². The molecule has 7 rings (SSSR count). The first kappa shape index (κ1) is 24.1. The lowest BCUT2D eigenvalue weighted by atomic mass is 9.84. The largest absolute Gasteiger partial charge is 0.367 e. The molecule has 7 aromatic rings. The predicted molar refractivity (Wildman–Crippen MR) is 170 cm³/mol. The summed E-state index contributed by atoms with van der Waals surface area (Å²) in [7, 11) is 0. The molecule has 2 aromatic heterocycles. The summed E-state index contributed by atoms with van der Waals surface area (Å²) in [6.45, 7) is 6.60. The molecule has 2 nitrogen and oxygen atoms in total. The van der Waals surface area contributed by atoms with Crippen LogP contribution in [0.1, 0.15) is 16.7 Å². The summed E-state index contributed by atoms with van der Waals surface area (Å²) < 4.78 is 0. The number of benzene rings is 5. The molecule has 1 N–H and O–H groups in total. The topological polar surface area (TPSA) is 28.7 Å². The van der Waals surface area contributed by atoms with Crippen LogP contribution in [-0.2, 0) is 0 Å². The summed E-state index contributed by atoms with van der Waals surface area (Å²) in [6, 6.07) is 35.8. The first-order valence-corrected chi connectivity index (χ1v) is 13.8. The number of fused-ring (bicyclic) bond motifs is 2. The molecule has 192 valence electrons. The first-order valence-electron chi connectivity index (χ1n) is 13.8. The van der Waals surface area contributed by atoms with Gasteiger partial charge in [0.05, 0.1) is 0 Å². The van der Waals surface area contributed by atoms with Crippen LogP contribution in [0.5, 0.6) is 0 Å². The van der Waals surface area contributed by atoms with E-state index in [1.807, 2.05) is 18.6 Å². The summed E-state index contributed by atoms with van der Waals surface area (Å²) in [5.74, 6) is 0. The van der Waals surface area contributed by atoms with Crippen molar-refractivity contribution >= 4 is 21.5 Å². The maximum atomic E-state index is 4.20. The van der Waals surface area contributed by atoms with Crippen LogP contribution < -0.4 is 0 Å². The van der Waals surface area contributed by atoms with Crippen LogP contribution in [0.3, 0.4) is 0 Å². The number of aromatic amines is 1. The van der Waals surface area contributed by atoms with E-state index < -0.39 is 0 Å². The number of aromatic nitrogens is 2. The number of hydrogen-bond acceptors (Lipinski definition) is 1. The molecule has 0 radical (unpaired) electrons. The van der Waals surface area contributed by atoms with Gasteiger partial charge in [-0.15, -0.1) is 0 Å². The minimum absolute atomic E-state index is 1.19. The van der Waals surface area contributed by atoms with E-state index in [0.717, 1.165) is 0 Å². The molecule has 0 bridgehead atoms. The summed E-state index contributed by atoms with van der Waals surface area (Å²) in [4.78, 5) is 7.39. The van der Waals surface area contributed by atoms with Gasteiger partial charge >= 0.3 is 0 Å². The average molecular weight is 515 g/mol. The highest BCUT2D eigenvalue weighted by molar-refractivity contribution is 6.21. The van der Waals surface area contributed by atoms with E-state index in [-0.39, 0.29) is 0 Å². The monoisotopic (exact) mass is 514 g/mol. The number of hydrogen-bond donors (Lipinski definition) is 1. The van der Waals surface area contributed by atoms with Gasteiger partial charge in [0.15, 0.2) is 0 Å². The molecule has 0 amide bonds. The Labute approximate surface area is 235 Å². The lowest BCUT2D eigenvalue weighted by Gasteiger charge is -2.19. The van der Waals surface area contributed by atoms with E-state index in [2.05, 4.69) is 134 Å². The first-order chi connectivity index (χ1) is 19.6. The summed E-state index contributed by atoms with van der Waals surface area (Å²) in [5, 5.41) is 5.12. The molecule has 0 saturated carbocycles. The Balaban J connectivity index is 1.50. The molecule has 2 heteroatoms. The Kier molecular flexibility index (Phi) is 5.82. The smallest absolute Gasteiger partial charge is 0.0273 e. The average Bonchev–Trinajstić information content (AvgIpc) is 3.51. The molecule has 0 atom stereocenters. The lowest BCUT2D eigenvalue weighted by molar-refractivity contribution is 1.32. The second kappa shape index (κ2) is 9.66. The Morgan fingerprint density at radius 2 is 1.10 bits per heavy atom. The van der Waals surface area contributed by atoms with Crippen LogP contribution in [0.25, 0.3) is 66.1 Å². The fourth-order valence-corrected chi connectivity index (χ4v) is 6.22. The van der Waals surface area contributed by atoms with Crippen LogP contribution in [0, 0.1) is 20.8 Å². The van der Waals surface area contributed by atoms with E-state index >= 15 is 0 Å². The Bertz CT molecular complexity index is 2020. The molecule has 0 aliphatic heterocycles. The van der Waals surface area contributed by atoms with E-state index in [0.29, 0.717) is 0 Å². The fraction of sp³-hybridized carbons (Fsp3) is 0.0789. The summed E-state index contributed by atoms with van der Waals surface area (Å²) in [5.41, 5.74) is 13.8. The van der Waals surface area contributed by atoms with E-state index in [1.54, 1.807) is 0 Å². The Hall–Kier alpha value is -4.95. The van der Waals surface area contributed by atoms with Crippen LogP contribution >= 0.6 is 0 Å². The molecule has 0 spiro atoms. The molecular formula is C38H30N2. The van der Waals surface area contributed by atoms with Gasteiger partial charge in [0, 0.05) is 24.8 Å². The van der Waals surface area contributed by atoms with Gasteiger partial charge in [-0.1, -0.05) is 84.4 Å². The number of H-pyrrole nitrogens is 1. The van der Waals surface area contributed by atoms with Gasteiger partial charge in [0.2, 0.25) is 0 Å². The van der Waals surface area contributed by atoms with Crippen molar-refractivity contribution in [3.05, 3.63) is 139 Å². The Morgan fingerprint density at radius 1 is 0.500 bits per heavy atom. The molecule has 0 unspecified atom stereocenters. The van der Waals surface area contributed by atoms with Crippen molar-refractivity contribution in [1.82, 2.24) is 9.97 Å². The van der Waals surface area contributed by atoms with Crippen molar-refractivity contribution in [3.63, 3.8) is 0 Å². The third-order valence-corrected chi connectivity index (χ3v) is 8.11. The molecule has 2 heterocycles. The van der Waals surface area contributed by atoms with Gasteiger partial charge in [0.1, 0.15) is 0 Å². The number of rotatable bonds is 4. The summed E-state index contributed by atoms with van der Waals surface area (Å²) in [6.07, 6.45) is 7.76.